The second-order valence-corrected chi connectivity index (χ2v) is 5.80. The number of aryl methyl sites for hydroxylation is 2. The molecule has 1 spiro atoms. The molecule has 1 fully saturated rings. The Balaban J connectivity index is 1.76. The smallest absolute Gasteiger partial charge is 0.321 e. The Bertz CT molecular complexity index is 676. The number of benzene rings is 1. The van der Waals surface area contributed by atoms with Gasteiger partial charge >= 0.3 is 6.01 Å². The van der Waals surface area contributed by atoms with E-state index >= 15 is 0 Å². The average Bonchev–Trinajstić information content (AvgIpc) is 3.11. The first-order valence-electron chi connectivity index (χ1n) is 6.91. The van der Waals surface area contributed by atoms with Crippen molar-refractivity contribution >= 4 is 0 Å². The van der Waals surface area contributed by atoms with Gasteiger partial charge in [0.05, 0.1) is 6.61 Å². The van der Waals surface area contributed by atoms with Crippen molar-refractivity contribution < 1.29 is 9.47 Å². The van der Waals surface area contributed by atoms with Gasteiger partial charge in [-0.25, -0.2) is 9.97 Å². The lowest BCUT2D eigenvalue weighted by molar-refractivity contribution is 0.321. The lowest BCUT2D eigenvalue weighted by atomic mass is 9.95. The van der Waals surface area contributed by atoms with Gasteiger partial charge in [0.15, 0.2) is 0 Å². The van der Waals surface area contributed by atoms with Crippen LogP contribution in [0.2, 0.25) is 0 Å². The highest BCUT2D eigenvalue weighted by Crippen LogP contribution is 2.59. The summed E-state index contributed by atoms with van der Waals surface area (Å²) in [6.45, 7) is 4.81. The number of rotatable bonds is 2. The zero-order valence-electron chi connectivity index (χ0n) is 11.6. The van der Waals surface area contributed by atoms with Crippen molar-refractivity contribution in [3.8, 4) is 17.5 Å². The third-order valence-electron chi connectivity index (χ3n) is 4.15. The normalized spacial score (nSPS) is 17.7. The van der Waals surface area contributed by atoms with Gasteiger partial charge in [-0.3, -0.25) is 0 Å². The zero-order chi connectivity index (χ0) is 13.7. The van der Waals surface area contributed by atoms with Crippen molar-refractivity contribution in [2.75, 3.05) is 6.61 Å². The van der Waals surface area contributed by atoms with Gasteiger partial charge in [-0.1, -0.05) is 6.07 Å². The standard InChI is InChI=1S/C16H16N2O2/c1-10-7-17-15(18-8-10)20-12-4-3-11(2)14-13(12)16(5-6-16)9-19-14/h3-4,7-8H,5-6,9H2,1-2H3. The average molecular weight is 268 g/mol. The van der Waals surface area contributed by atoms with Gasteiger partial charge in [0.1, 0.15) is 11.5 Å². The van der Waals surface area contributed by atoms with E-state index in [0.29, 0.717) is 6.01 Å². The molecule has 4 heteroatoms. The molecule has 0 N–H and O–H groups in total. The molecule has 0 radical (unpaired) electrons. The van der Waals surface area contributed by atoms with Crippen LogP contribution in [0, 0.1) is 13.8 Å². The molecule has 1 saturated carbocycles. The molecule has 1 aliphatic carbocycles. The first-order valence-corrected chi connectivity index (χ1v) is 6.91. The molecule has 0 atom stereocenters. The molecule has 2 aliphatic rings. The number of fused-ring (bicyclic) bond motifs is 2. The maximum atomic E-state index is 5.90. The summed E-state index contributed by atoms with van der Waals surface area (Å²) in [7, 11) is 0. The maximum Gasteiger partial charge on any atom is 0.321 e. The third kappa shape index (κ3) is 1.68. The molecule has 1 aromatic heterocycles. The largest absolute Gasteiger partial charge is 0.492 e. The van der Waals surface area contributed by atoms with E-state index in [1.54, 1.807) is 12.4 Å². The second-order valence-electron chi connectivity index (χ2n) is 5.80. The molecule has 0 bridgehead atoms. The molecule has 102 valence electrons. The highest BCUT2D eigenvalue weighted by molar-refractivity contribution is 5.59. The fraction of sp³-hybridized carbons (Fsp3) is 0.375. The van der Waals surface area contributed by atoms with Gasteiger partial charge in [0, 0.05) is 23.4 Å². The van der Waals surface area contributed by atoms with E-state index in [0.717, 1.165) is 23.7 Å². The van der Waals surface area contributed by atoms with Gasteiger partial charge < -0.3 is 9.47 Å². The van der Waals surface area contributed by atoms with Crippen LogP contribution in [-0.4, -0.2) is 16.6 Å². The summed E-state index contributed by atoms with van der Waals surface area (Å²) in [5, 5.41) is 0. The van der Waals surface area contributed by atoms with Crippen LogP contribution in [0.5, 0.6) is 17.5 Å². The van der Waals surface area contributed by atoms with Crippen LogP contribution >= 0.6 is 0 Å². The summed E-state index contributed by atoms with van der Waals surface area (Å²) in [5.41, 5.74) is 3.58. The van der Waals surface area contributed by atoms with Crippen molar-refractivity contribution in [3.63, 3.8) is 0 Å². The van der Waals surface area contributed by atoms with E-state index in [9.17, 15) is 0 Å². The monoisotopic (exact) mass is 268 g/mol. The van der Waals surface area contributed by atoms with Crippen molar-refractivity contribution in [3.05, 3.63) is 41.2 Å². The maximum absolute atomic E-state index is 5.90. The van der Waals surface area contributed by atoms with Crippen LogP contribution in [0.15, 0.2) is 24.5 Å². The van der Waals surface area contributed by atoms with Crippen molar-refractivity contribution in [1.29, 1.82) is 0 Å². The fourth-order valence-corrected chi connectivity index (χ4v) is 2.80. The molecular weight excluding hydrogens is 252 g/mol. The molecule has 2 aromatic rings. The van der Waals surface area contributed by atoms with Crippen molar-refractivity contribution in [1.82, 2.24) is 9.97 Å². The second kappa shape index (κ2) is 3.95. The minimum absolute atomic E-state index is 0.182. The van der Waals surface area contributed by atoms with Crippen LogP contribution in [-0.2, 0) is 5.41 Å². The van der Waals surface area contributed by atoms with Crippen LogP contribution in [0.4, 0.5) is 0 Å². The number of ether oxygens (including phenoxy) is 2. The van der Waals surface area contributed by atoms with Crippen LogP contribution in [0.1, 0.15) is 29.5 Å². The Morgan fingerprint density at radius 2 is 1.90 bits per heavy atom. The molecule has 2 heterocycles. The number of nitrogens with zero attached hydrogens (tertiary/aromatic N) is 2. The van der Waals surface area contributed by atoms with E-state index in [1.165, 1.54) is 24.0 Å². The minimum atomic E-state index is 0.182. The van der Waals surface area contributed by atoms with E-state index in [-0.39, 0.29) is 5.41 Å². The molecule has 1 aromatic carbocycles. The van der Waals surface area contributed by atoms with E-state index in [2.05, 4.69) is 16.9 Å². The summed E-state index contributed by atoms with van der Waals surface area (Å²) < 4.78 is 11.8. The summed E-state index contributed by atoms with van der Waals surface area (Å²) in [4.78, 5) is 8.43. The van der Waals surface area contributed by atoms with E-state index in [1.807, 2.05) is 19.1 Å². The van der Waals surface area contributed by atoms with E-state index in [4.69, 9.17) is 9.47 Å². The number of hydrogen-bond acceptors (Lipinski definition) is 4. The van der Waals surface area contributed by atoms with Crippen LogP contribution in [0.3, 0.4) is 0 Å². The molecular formula is C16H16N2O2. The quantitative estimate of drug-likeness (QED) is 0.838. The van der Waals surface area contributed by atoms with Gasteiger partial charge in [0.25, 0.3) is 0 Å². The Morgan fingerprint density at radius 3 is 2.60 bits per heavy atom. The number of hydrogen-bond donors (Lipinski definition) is 0. The molecule has 0 unspecified atom stereocenters. The first kappa shape index (κ1) is 11.7. The Labute approximate surface area is 117 Å². The summed E-state index contributed by atoms with van der Waals surface area (Å²) >= 11 is 0. The number of aromatic nitrogens is 2. The van der Waals surface area contributed by atoms with Crippen LogP contribution < -0.4 is 9.47 Å². The minimum Gasteiger partial charge on any atom is -0.492 e. The third-order valence-corrected chi connectivity index (χ3v) is 4.15. The van der Waals surface area contributed by atoms with Crippen molar-refractivity contribution in [2.24, 2.45) is 0 Å². The predicted octanol–water partition coefficient (Wildman–Crippen LogP) is 3.31. The summed E-state index contributed by atoms with van der Waals surface area (Å²) in [6, 6.07) is 4.43. The molecule has 1 aliphatic heterocycles. The highest BCUT2D eigenvalue weighted by atomic mass is 16.5. The van der Waals surface area contributed by atoms with E-state index < -0.39 is 0 Å². The lowest BCUT2D eigenvalue weighted by Gasteiger charge is -2.12. The lowest BCUT2D eigenvalue weighted by Crippen LogP contribution is -2.08. The Hall–Kier alpha value is -2.10. The predicted molar refractivity (Wildman–Crippen MR) is 74.4 cm³/mol. The molecule has 0 amide bonds. The first-order chi connectivity index (χ1) is 9.68. The fourth-order valence-electron chi connectivity index (χ4n) is 2.80. The van der Waals surface area contributed by atoms with Crippen molar-refractivity contribution in [2.45, 2.75) is 32.1 Å². The molecule has 4 rings (SSSR count). The Kier molecular flexibility index (Phi) is 2.31. The van der Waals surface area contributed by atoms with Gasteiger partial charge in [-0.2, -0.15) is 0 Å². The topological polar surface area (TPSA) is 44.2 Å². The van der Waals surface area contributed by atoms with Gasteiger partial charge in [0.2, 0.25) is 0 Å². The SMILES string of the molecule is Cc1cnc(Oc2ccc(C)c3c2C2(CC2)CO3)nc1. The van der Waals surface area contributed by atoms with Crippen LogP contribution in [0.25, 0.3) is 0 Å². The summed E-state index contributed by atoms with van der Waals surface area (Å²) in [5.74, 6) is 1.83. The Morgan fingerprint density at radius 1 is 1.15 bits per heavy atom. The molecule has 4 nitrogen and oxygen atoms in total. The van der Waals surface area contributed by atoms with Gasteiger partial charge in [-0.05, 0) is 43.9 Å². The highest BCUT2D eigenvalue weighted by Gasteiger charge is 2.53. The molecule has 0 saturated heterocycles. The molecule has 20 heavy (non-hydrogen) atoms. The van der Waals surface area contributed by atoms with Gasteiger partial charge in [-0.15, -0.1) is 0 Å². The zero-order valence-corrected chi connectivity index (χ0v) is 11.6. The summed E-state index contributed by atoms with van der Waals surface area (Å²) in [6.07, 6.45) is 5.88.